The molecule has 1 fully saturated rings. The number of nitrogens with zero attached hydrogens (tertiary/aromatic N) is 4. The van der Waals surface area contributed by atoms with Crippen molar-refractivity contribution in [2.75, 3.05) is 90.5 Å². The van der Waals surface area contributed by atoms with Gasteiger partial charge in [-0.2, -0.15) is 0 Å². The van der Waals surface area contributed by atoms with Crippen LogP contribution in [0.15, 0.2) is 128 Å². The van der Waals surface area contributed by atoms with Gasteiger partial charge in [-0.15, -0.1) is 0 Å². The molecule has 6 N–H and O–H groups in total. The topological polar surface area (TPSA) is 169 Å². The summed E-state index contributed by atoms with van der Waals surface area (Å²) in [6, 6.07) is 41.1. The number of carboxylic acids is 3. The first-order chi connectivity index (χ1) is 33.8. The van der Waals surface area contributed by atoms with Crippen molar-refractivity contribution in [1.82, 2.24) is 24.9 Å². The molecule has 1 heterocycles. The fraction of sp³-hybridized carbons (Fsp3) is 0.455. The molecule has 0 aromatic heterocycles. The van der Waals surface area contributed by atoms with E-state index in [1.807, 2.05) is 29.2 Å². The SMILES string of the molecule is C=C(O)CN1CCN(CC(=O)O)CCN(CC(=O)O)C(Cc2ccc(NC(=S)NC)cc2)CN(CC(=O)O)CC1.CCCCCCCCCCC[P+](c1ccccc1)(c1ccccc1)c1ccccc1.[Br-].[Gd]. The van der Waals surface area contributed by atoms with Crippen LogP contribution in [0.3, 0.4) is 0 Å². The number of benzene rings is 4. The fourth-order valence-electron chi connectivity index (χ4n) is 9.15. The van der Waals surface area contributed by atoms with Crippen LogP contribution in [0, 0.1) is 39.9 Å². The third kappa shape index (κ3) is 23.9. The van der Waals surface area contributed by atoms with Crippen molar-refractivity contribution in [3.63, 3.8) is 0 Å². The van der Waals surface area contributed by atoms with Crippen molar-refractivity contribution >= 4 is 64.1 Å². The molecule has 0 spiro atoms. The number of carboxylic acid groups (broad SMARTS) is 3. The molecule has 0 amide bonds. The number of thiocarbonyl (C=S) groups is 1. The minimum Gasteiger partial charge on any atom is -1.00 e. The summed E-state index contributed by atoms with van der Waals surface area (Å²) in [4.78, 5) is 42.3. The van der Waals surface area contributed by atoms with Gasteiger partial charge in [0.25, 0.3) is 0 Å². The summed E-state index contributed by atoms with van der Waals surface area (Å²) in [5, 5.41) is 49.4. The standard InChI is InChI=1S/C29H38P.C26H40N6O7S.BrH.Gd/c1-2-3-4-5-6-7-8-9-19-26-30(27-20-13-10-14-21-27,28-22-15-11-16-23-28)29-24-17-12-18-25-29;1-19(33)14-29-7-8-30(16-23(34)35)11-12-32(18-25(38)39)22(15-31(10-9-29)17-24(36)37)13-20-3-5-21(6-4-20)28-26(40)27-2;;/h10-18,20-25H,2-9,19,26H2,1H3;3-6,22,33H,1,7-18H2,2H3,(H,34,35)(H,36,37)(H,38,39)(H2,27,28,40);1H;/q+1;;;/p-1. The van der Waals surface area contributed by atoms with Crippen LogP contribution in [0.4, 0.5) is 5.69 Å². The van der Waals surface area contributed by atoms with Gasteiger partial charge in [-0.05, 0) is 85.6 Å². The number of halogens is 1. The van der Waals surface area contributed by atoms with Gasteiger partial charge in [-0.25, -0.2) is 0 Å². The summed E-state index contributed by atoms with van der Waals surface area (Å²) in [6.07, 6.45) is 14.1. The number of carbonyl (C=O) groups is 3. The van der Waals surface area contributed by atoms with E-state index < -0.39 is 25.2 Å². The Morgan fingerprint density at radius 2 is 1.01 bits per heavy atom. The van der Waals surface area contributed by atoms with E-state index in [2.05, 4.69) is 115 Å². The van der Waals surface area contributed by atoms with E-state index in [1.165, 1.54) is 79.9 Å². The van der Waals surface area contributed by atoms with Crippen LogP contribution in [0.5, 0.6) is 0 Å². The number of nitrogens with one attached hydrogen (secondary N) is 2. The zero-order valence-electron chi connectivity index (χ0n) is 42.2. The minimum atomic E-state index is -1.62. The van der Waals surface area contributed by atoms with Crippen molar-refractivity contribution in [2.45, 2.75) is 77.2 Å². The summed E-state index contributed by atoms with van der Waals surface area (Å²) >= 11 is 5.14. The molecule has 4 aromatic rings. The van der Waals surface area contributed by atoms with Crippen LogP contribution in [0.1, 0.15) is 70.3 Å². The Kier molecular flexibility index (Phi) is 32.8. The molecule has 0 saturated carbocycles. The molecule has 1 unspecified atom stereocenters. The molecule has 0 bridgehead atoms. The second kappa shape index (κ2) is 36.5. The summed E-state index contributed by atoms with van der Waals surface area (Å²) in [7, 11) is 0.0889. The molecule has 0 radical (unpaired) electrons. The van der Waals surface area contributed by atoms with Crippen LogP contribution in [-0.4, -0.2) is 154 Å². The Labute approximate surface area is 477 Å². The summed E-state index contributed by atoms with van der Waals surface area (Å²) in [5.41, 5.74) is 1.70. The monoisotopic (exact) mass is 1230 g/mol. The molecule has 1 saturated heterocycles. The van der Waals surface area contributed by atoms with Crippen molar-refractivity contribution in [2.24, 2.45) is 0 Å². The predicted molar refractivity (Wildman–Crippen MR) is 292 cm³/mol. The number of hydrogen-bond acceptors (Lipinski definition) is 9. The first kappa shape index (κ1) is 64.7. The van der Waals surface area contributed by atoms with Crippen molar-refractivity contribution < 1.29 is 91.7 Å². The molecule has 396 valence electrons. The molecular formula is C55H78BrGdN6O7PS. The number of aliphatic hydroxyl groups excluding tert-OH is 1. The average Bonchev–Trinajstić information content (AvgIpc) is 3.34. The number of unbranched alkanes of at least 4 members (excludes halogenated alkanes) is 8. The van der Waals surface area contributed by atoms with E-state index in [0.29, 0.717) is 44.3 Å². The van der Waals surface area contributed by atoms with Gasteiger partial charge in [0, 0.05) is 105 Å². The quantitative estimate of drug-likeness (QED) is 0.0250. The number of aliphatic hydroxyl groups is 1. The van der Waals surface area contributed by atoms with Crippen LogP contribution in [-0.2, 0) is 20.8 Å². The zero-order valence-corrected chi connectivity index (χ0v) is 47.8. The molecule has 1 atom stereocenters. The van der Waals surface area contributed by atoms with E-state index in [0.717, 1.165) is 11.3 Å². The zero-order chi connectivity index (χ0) is 50.6. The van der Waals surface area contributed by atoms with Crippen molar-refractivity contribution in [1.29, 1.82) is 0 Å². The first-order valence-corrected chi connectivity index (χ1v) is 27.3. The third-order valence-electron chi connectivity index (χ3n) is 12.7. The smallest absolute Gasteiger partial charge is 0.317 e. The Morgan fingerprint density at radius 1 is 0.597 bits per heavy atom. The van der Waals surface area contributed by atoms with Crippen LogP contribution in [0.25, 0.3) is 0 Å². The normalized spacial score (nSPS) is 15.2. The Hall–Kier alpha value is -3.41. The van der Waals surface area contributed by atoms with Crippen LogP contribution >= 0.6 is 19.5 Å². The Balaban J connectivity index is 0.000000497. The van der Waals surface area contributed by atoms with Crippen LogP contribution in [0.2, 0.25) is 0 Å². The van der Waals surface area contributed by atoms with Crippen molar-refractivity contribution in [3.05, 3.63) is 133 Å². The van der Waals surface area contributed by atoms with E-state index in [4.69, 9.17) is 12.2 Å². The first-order valence-electron chi connectivity index (χ1n) is 24.9. The van der Waals surface area contributed by atoms with Crippen LogP contribution < -0.4 is 43.5 Å². The molecule has 0 aliphatic carbocycles. The van der Waals surface area contributed by atoms with Gasteiger partial charge >= 0.3 is 17.9 Å². The van der Waals surface area contributed by atoms with E-state index in [1.54, 1.807) is 21.7 Å². The van der Waals surface area contributed by atoms with Gasteiger partial charge in [0.05, 0.1) is 38.1 Å². The maximum atomic E-state index is 11.9. The Bertz CT molecular complexity index is 2070. The van der Waals surface area contributed by atoms with Gasteiger partial charge in [0.1, 0.15) is 23.2 Å². The maximum absolute atomic E-state index is 11.9. The molecule has 1 aliphatic heterocycles. The third-order valence-corrected chi connectivity index (χ3v) is 17.5. The predicted octanol–water partition coefficient (Wildman–Crippen LogP) is 4.58. The van der Waals surface area contributed by atoms with E-state index in [-0.39, 0.29) is 108 Å². The number of hydrogen-bond donors (Lipinski definition) is 6. The molecular weight excluding hydrogens is 1160 g/mol. The largest absolute Gasteiger partial charge is 1.00 e. The molecule has 72 heavy (non-hydrogen) atoms. The molecule has 4 aromatic carbocycles. The fourth-order valence-corrected chi connectivity index (χ4v) is 13.7. The maximum Gasteiger partial charge on any atom is 0.317 e. The second-order valence-electron chi connectivity index (χ2n) is 18.1. The van der Waals surface area contributed by atoms with Gasteiger partial charge in [-0.3, -0.25) is 34.0 Å². The summed E-state index contributed by atoms with van der Waals surface area (Å²) < 4.78 is 0. The average molecular weight is 1240 g/mol. The van der Waals surface area contributed by atoms with Gasteiger partial charge < -0.3 is 48.0 Å². The van der Waals surface area contributed by atoms with E-state index in [9.17, 15) is 34.8 Å². The molecule has 5 rings (SSSR count). The number of aliphatic carboxylic acids is 3. The van der Waals surface area contributed by atoms with Gasteiger partial charge in [0.2, 0.25) is 0 Å². The van der Waals surface area contributed by atoms with Crippen molar-refractivity contribution in [3.8, 4) is 0 Å². The molecule has 17 heteroatoms. The molecule has 1 aliphatic rings. The molecule has 13 nitrogen and oxygen atoms in total. The van der Waals surface area contributed by atoms with E-state index >= 15 is 0 Å². The minimum absolute atomic E-state index is 0. The summed E-state index contributed by atoms with van der Waals surface area (Å²) in [5.74, 6) is -3.07. The second-order valence-corrected chi connectivity index (χ2v) is 22.2. The Morgan fingerprint density at radius 3 is 1.46 bits per heavy atom. The van der Waals surface area contributed by atoms with Gasteiger partial charge in [0.15, 0.2) is 5.11 Å². The number of anilines is 1. The van der Waals surface area contributed by atoms with Gasteiger partial charge in [-0.1, -0.05) is 125 Å². The number of rotatable bonds is 24. The summed E-state index contributed by atoms with van der Waals surface area (Å²) in [6.45, 7) is 7.69.